The van der Waals surface area contributed by atoms with Gasteiger partial charge in [-0.2, -0.15) is 5.10 Å². The molecule has 5 aromatic rings. The van der Waals surface area contributed by atoms with Crippen molar-refractivity contribution in [3.63, 3.8) is 0 Å². The van der Waals surface area contributed by atoms with Crippen LogP contribution in [0.2, 0.25) is 0 Å². The molecule has 0 aliphatic carbocycles. The lowest BCUT2D eigenvalue weighted by Gasteiger charge is -2.11. The van der Waals surface area contributed by atoms with Gasteiger partial charge in [0.2, 0.25) is 5.13 Å². The molecule has 0 aliphatic rings. The van der Waals surface area contributed by atoms with Crippen molar-refractivity contribution in [2.75, 3.05) is 31.9 Å². The van der Waals surface area contributed by atoms with Gasteiger partial charge in [-0.3, -0.25) is 10.2 Å². The minimum absolute atomic E-state index is 0.0223. The summed E-state index contributed by atoms with van der Waals surface area (Å²) >= 11 is 1.48. The minimum atomic E-state index is -0.529. The fraction of sp³-hybridized carbons (Fsp3) is 0.292. The van der Waals surface area contributed by atoms with Gasteiger partial charge in [-0.25, -0.2) is 19.4 Å². The molecule has 0 radical (unpaired) electrons. The van der Waals surface area contributed by atoms with Crippen molar-refractivity contribution >= 4 is 56.6 Å². The zero-order chi connectivity index (χ0) is 43.1. The van der Waals surface area contributed by atoms with E-state index in [0.717, 1.165) is 79.3 Å². The highest BCUT2D eigenvalue weighted by Gasteiger charge is 2.14. The first-order valence-corrected chi connectivity index (χ1v) is 21.2. The first-order chi connectivity index (χ1) is 29.8. The third-order valence-corrected chi connectivity index (χ3v) is 10.3. The number of para-hydroxylation sites is 1. The van der Waals surface area contributed by atoms with Crippen LogP contribution in [0.4, 0.5) is 5.13 Å². The second-order valence-electron chi connectivity index (χ2n) is 13.8. The minimum Gasteiger partial charge on any atom is -0.494 e. The summed E-state index contributed by atoms with van der Waals surface area (Å²) in [6, 6.07) is 27.0. The number of benzene rings is 4. The van der Waals surface area contributed by atoms with Crippen LogP contribution in [0.15, 0.2) is 121 Å². The molecular weight excluding hydrogens is 795 g/mol. The monoisotopic (exact) mass is 845 g/mol. The Balaban J connectivity index is 1.13. The molecular formula is C48H51N3O9S. The highest BCUT2D eigenvalue weighted by atomic mass is 32.1. The maximum atomic E-state index is 13.3. The van der Waals surface area contributed by atoms with Crippen molar-refractivity contribution in [2.45, 2.75) is 64.2 Å². The van der Waals surface area contributed by atoms with E-state index in [-0.39, 0.29) is 12.2 Å². The summed E-state index contributed by atoms with van der Waals surface area (Å²) in [6.07, 6.45) is 11.6. The molecule has 1 heterocycles. The number of nitrogens with zero attached hydrogens (tertiary/aromatic N) is 2. The third-order valence-electron chi connectivity index (χ3n) is 9.31. The van der Waals surface area contributed by atoms with E-state index < -0.39 is 17.9 Å². The molecule has 1 aromatic heterocycles. The van der Waals surface area contributed by atoms with Crippen molar-refractivity contribution in [3.8, 4) is 17.2 Å². The van der Waals surface area contributed by atoms with E-state index in [4.69, 9.17) is 23.7 Å². The number of anilines is 1. The molecule has 0 fully saturated rings. The van der Waals surface area contributed by atoms with E-state index >= 15 is 0 Å². The van der Waals surface area contributed by atoms with Crippen LogP contribution in [0.1, 0.15) is 89.6 Å². The second-order valence-corrected chi connectivity index (χ2v) is 14.9. The van der Waals surface area contributed by atoms with E-state index in [1.165, 1.54) is 11.3 Å². The lowest BCUT2D eigenvalue weighted by Crippen LogP contribution is -2.09. The van der Waals surface area contributed by atoms with Crippen LogP contribution in [-0.4, -0.2) is 61.3 Å². The van der Waals surface area contributed by atoms with E-state index in [0.29, 0.717) is 71.9 Å². The smallest absolute Gasteiger partial charge is 0.343 e. The summed E-state index contributed by atoms with van der Waals surface area (Å²) in [4.78, 5) is 53.3. The normalized spacial score (nSPS) is 10.9. The van der Waals surface area contributed by atoms with E-state index in [9.17, 15) is 19.2 Å². The van der Waals surface area contributed by atoms with Gasteiger partial charge in [0, 0.05) is 29.7 Å². The molecule has 0 atom stereocenters. The van der Waals surface area contributed by atoms with Crippen LogP contribution in [-0.2, 0) is 25.5 Å². The zero-order valence-corrected chi connectivity index (χ0v) is 35.0. The van der Waals surface area contributed by atoms with Gasteiger partial charge in [-0.05, 0) is 136 Å². The Morgan fingerprint density at radius 3 is 1.80 bits per heavy atom. The molecule has 0 spiro atoms. The number of hydrazone groups is 1. The van der Waals surface area contributed by atoms with Gasteiger partial charge < -0.3 is 23.7 Å². The number of aryl methyl sites for hydroxylation is 1. The summed E-state index contributed by atoms with van der Waals surface area (Å²) < 4.78 is 28.5. The van der Waals surface area contributed by atoms with Gasteiger partial charge in [-0.1, -0.05) is 42.7 Å². The summed E-state index contributed by atoms with van der Waals surface area (Å²) in [5.74, 6) is 0.293. The average Bonchev–Trinajstić information content (AvgIpc) is 3.71. The third kappa shape index (κ3) is 15.8. The van der Waals surface area contributed by atoms with E-state index in [2.05, 4.69) is 28.7 Å². The molecule has 5 rings (SSSR count). The number of ether oxygens (including phenoxy) is 5. The van der Waals surface area contributed by atoms with Crippen LogP contribution in [0.5, 0.6) is 17.2 Å². The predicted octanol–water partition coefficient (Wildman–Crippen LogP) is 10.1. The summed E-state index contributed by atoms with van der Waals surface area (Å²) in [5, 5.41) is 5.07. The lowest BCUT2D eigenvalue weighted by atomic mass is 9.99. The summed E-state index contributed by atoms with van der Waals surface area (Å²) in [5.41, 5.74) is 6.34. The van der Waals surface area contributed by atoms with Crippen LogP contribution in [0, 0.1) is 0 Å². The summed E-state index contributed by atoms with van der Waals surface area (Å²) in [6.45, 7) is 8.60. The number of carbonyl (C=O) groups excluding carboxylic acids is 4. The Kier molecular flexibility index (Phi) is 18.7. The maximum Gasteiger partial charge on any atom is 0.343 e. The molecule has 318 valence electrons. The SMILES string of the molecule is C=CC(=O)OCCCCCCOc1ccc(C(=O)CCc2ccc(OC(=O)c3ccc(OCCCCCCOC(=O)C=C)cc3)cc2/C=N/Nc2nc3ccccc3s2)cc1. The van der Waals surface area contributed by atoms with Crippen LogP contribution in [0.25, 0.3) is 10.2 Å². The second kappa shape index (κ2) is 25.1. The number of esters is 3. The van der Waals surface area contributed by atoms with Gasteiger partial charge in [0.05, 0.1) is 48.4 Å². The molecule has 61 heavy (non-hydrogen) atoms. The highest BCUT2D eigenvalue weighted by Crippen LogP contribution is 2.26. The number of nitrogens with one attached hydrogen (secondary N) is 1. The van der Waals surface area contributed by atoms with Crippen molar-refractivity contribution in [2.24, 2.45) is 5.10 Å². The standard InChI is InChI=1S/C48H51N3O9S/c1-3-45(53)58-31-13-7-5-11-29-56-39-23-18-36(19-24-39)43(52)28-22-35-17-27-41(33-38(35)34-49-51-48-50-42-15-9-10-16-44(42)61-48)60-47(55)37-20-25-40(26-21-37)57-30-12-6-8-14-32-59-46(54)4-2/h3-4,9-10,15-21,23-27,33-34H,1-2,5-8,11-14,22,28-32H2,(H,50,51)/b49-34+. The van der Waals surface area contributed by atoms with Gasteiger partial charge in [0.1, 0.15) is 17.2 Å². The van der Waals surface area contributed by atoms with Gasteiger partial charge in [0.25, 0.3) is 0 Å². The average molecular weight is 846 g/mol. The Bertz CT molecular complexity index is 2220. The Morgan fingerprint density at radius 2 is 1.21 bits per heavy atom. The molecule has 0 saturated carbocycles. The molecule has 0 saturated heterocycles. The van der Waals surface area contributed by atoms with Gasteiger partial charge in [0.15, 0.2) is 5.78 Å². The largest absolute Gasteiger partial charge is 0.494 e. The van der Waals surface area contributed by atoms with Gasteiger partial charge >= 0.3 is 17.9 Å². The van der Waals surface area contributed by atoms with Crippen molar-refractivity contribution in [1.29, 1.82) is 0 Å². The number of rotatable bonds is 27. The molecule has 0 unspecified atom stereocenters. The first kappa shape index (κ1) is 45.5. The molecule has 1 N–H and O–H groups in total. The summed E-state index contributed by atoms with van der Waals surface area (Å²) in [7, 11) is 0. The molecule has 0 amide bonds. The molecule has 0 bridgehead atoms. The van der Waals surface area contributed by atoms with Crippen molar-refractivity contribution < 1.29 is 42.9 Å². The zero-order valence-electron chi connectivity index (χ0n) is 34.2. The molecule has 0 aliphatic heterocycles. The number of hydrogen-bond donors (Lipinski definition) is 1. The molecule has 12 nitrogen and oxygen atoms in total. The van der Waals surface area contributed by atoms with Gasteiger partial charge in [-0.15, -0.1) is 0 Å². The van der Waals surface area contributed by atoms with Crippen molar-refractivity contribution in [3.05, 3.63) is 139 Å². The van der Waals surface area contributed by atoms with Crippen LogP contribution < -0.4 is 19.6 Å². The number of hydrogen-bond acceptors (Lipinski definition) is 13. The van der Waals surface area contributed by atoms with Crippen LogP contribution >= 0.6 is 11.3 Å². The number of unbranched alkanes of at least 4 members (excludes halogenated alkanes) is 6. The fourth-order valence-electron chi connectivity index (χ4n) is 6.00. The number of carbonyl (C=O) groups is 4. The number of ketones is 1. The lowest BCUT2D eigenvalue weighted by molar-refractivity contribution is -0.138. The number of aromatic nitrogens is 1. The van der Waals surface area contributed by atoms with E-state index in [1.807, 2.05) is 30.3 Å². The predicted molar refractivity (Wildman–Crippen MR) is 238 cm³/mol. The maximum absolute atomic E-state index is 13.3. The van der Waals surface area contributed by atoms with E-state index in [1.54, 1.807) is 66.9 Å². The van der Waals surface area contributed by atoms with Crippen LogP contribution in [0.3, 0.4) is 0 Å². The Labute approximate surface area is 360 Å². The molecule has 13 heteroatoms. The fourth-order valence-corrected chi connectivity index (χ4v) is 6.82. The Morgan fingerprint density at radius 1 is 0.656 bits per heavy atom. The number of thiazole rings is 1. The first-order valence-electron chi connectivity index (χ1n) is 20.4. The topological polar surface area (TPSA) is 152 Å². The highest BCUT2D eigenvalue weighted by molar-refractivity contribution is 7.22. The quantitative estimate of drug-likeness (QED) is 0.0102. The number of Topliss-reactive ketones (excluding diaryl/α,β-unsaturated/α-hetero) is 1. The number of fused-ring (bicyclic) bond motifs is 1. The Hall–Kier alpha value is -6.60. The molecule has 4 aromatic carbocycles. The van der Waals surface area contributed by atoms with Crippen molar-refractivity contribution in [1.82, 2.24) is 4.98 Å².